The SMILES string of the molecule is CCCCCC(=O)CCCOCCOc1nc(N(C)CC(N)=O)nc(N2CCN(P(C)(=O)N(C)C)CC2)n1. The van der Waals surface area contributed by atoms with Gasteiger partial charge in [0.2, 0.25) is 25.2 Å². The molecule has 38 heavy (non-hydrogen) atoms. The maximum atomic E-state index is 13.0. The zero-order valence-electron chi connectivity index (χ0n) is 23.6. The number of likely N-dealkylation sites (N-methyl/N-ethyl adjacent to an activating group) is 1. The van der Waals surface area contributed by atoms with Crippen molar-refractivity contribution in [2.24, 2.45) is 5.73 Å². The lowest BCUT2D eigenvalue weighted by atomic mass is 10.1. The van der Waals surface area contributed by atoms with Crippen molar-refractivity contribution in [1.29, 1.82) is 0 Å². The summed E-state index contributed by atoms with van der Waals surface area (Å²) in [5.41, 5.74) is 5.35. The Morgan fingerprint density at radius 3 is 2.29 bits per heavy atom. The highest BCUT2D eigenvalue weighted by atomic mass is 31.2. The van der Waals surface area contributed by atoms with Crippen LogP contribution in [0.25, 0.3) is 0 Å². The number of ether oxygens (including phenoxy) is 2. The van der Waals surface area contributed by atoms with Gasteiger partial charge >= 0.3 is 6.01 Å². The molecule has 1 fully saturated rings. The Bertz CT molecular complexity index is 942. The third-order valence-corrected chi connectivity index (χ3v) is 9.33. The molecule has 0 aromatic carbocycles. The number of amides is 1. The highest BCUT2D eigenvalue weighted by molar-refractivity contribution is 7.58. The first-order chi connectivity index (χ1) is 18.0. The van der Waals surface area contributed by atoms with Crippen molar-refractivity contribution < 1.29 is 23.6 Å². The van der Waals surface area contributed by atoms with Crippen LogP contribution in [-0.4, -0.2) is 116 Å². The number of Topliss-reactive ketones (excluding diaryl/α,β-unsaturated/α-hetero) is 1. The van der Waals surface area contributed by atoms with E-state index in [1.165, 1.54) is 4.90 Å². The van der Waals surface area contributed by atoms with E-state index in [-0.39, 0.29) is 30.9 Å². The van der Waals surface area contributed by atoms with E-state index in [4.69, 9.17) is 15.2 Å². The number of unbranched alkanes of at least 4 members (excludes halogenated alkanes) is 2. The van der Waals surface area contributed by atoms with Crippen molar-refractivity contribution in [1.82, 2.24) is 24.3 Å². The lowest BCUT2D eigenvalue weighted by molar-refractivity contribution is -0.119. The summed E-state index contributed by atoms with van der Waals surface area (Å²) in [7, 11) is 2.73. The first-order valence-corrected chi connectivity index (χ1v) is 15.3. The van der Waals surface area contributed by atoms with Crippen LogP contribution < -0.4 is 20.3 Å². The second-order valence-electron chi connectivity index (χ2n) is 9.72. The van der Waals surface area contributed by atoms with Crippen LogP contribution in [0.5, 0.6) is 6.01 Å². The van der Waals surface area contributed by atoms with Crippen LogP contribution in [0, 0.1) is 0 Å². The molecule has 1 saturated heterocycles. The molecule has 1 unspecified atom stereocenters. The molecule has 1 atom stereocenters. The minimum absolute atomic E-state index is 0.0567. The second kappa shape index (κ2) is 15.9. The lowest BCUT2D eigenvalue weighted by Gasteiger charge is -2.39. The van der Waals surface area contributed by atoms with Crippen LogP contribution in [0.3, 0.4) is 0 Å². The van der Waals surface area contributed by atoms with Crippen molar-refractivity contribution in [3.05, 3.63) is 0 Å². The molecule has 1 amide bonds. The fourth-order valence-corrected chi connectivity index (χ4v) is 5.33. The number of hydrogen-bond acceptors (Lipinski definition) is 10. The topological polar surface area (TPSA) is 147 Å². The van der Waals surface area contributed by atoms with E-state index in [0.29, 0.717) is 64.6 Å². The summed E-state index contributed by atoms with van der Waals surface area (Å²) in [5, 5.41) is 0. The molecule has 216 valence electrons. The van der Waals surface area contributed by atoms with Gasteiger partial charge in [-0.3, -0.25) is 14.2 Å². The van der Waals surface area contributed by atoms with Gasteiger partial charge in [-0.25, -0.2) is 9.34 Å². The number of rotatable bonds is 18. The summed E-state index contributed by atoms with van der Waals surface area (Å²) < 4.78 is 28.1. The van der Waals surface area contributed by atoms with E-state index in [0.717, 1.165) is 19.3 Å². The quantitative estimate of drug-likeness (QED) is 0.207. The van der Waals surface area contributed by atoms with E-state index >= 15 is 0 Å². The molecule has 0 radical (unpaired) electrons. The van der Waals surface area contributed by atoms with Gasteiger partial charge in [-0.1, -0.05) is 19.8 Å². The first kappa shape index (κ1) is 31.9. The monoisotopic (exact) mass is 556 g/mol. The van der Waals surface area contributed by atoms with Crippen molar-refractivity contribution >= 4 is 31.0 Å². The first-order valence-electron chi connectivity index (χ1n) is 13.3. The van der Waals surface area contributed by atoms with Gasteiger partial charge in [-0.05, 0) is 26.9 Å². The highest BCUT2D eigenvalue weighted by Crippen LogP contribution is 2.47. The van der Waals surface area contributed by atoms with Crippen LogP contribution in [-0.2, 0) is 18.9 Å². The molecule has 14 heteroatoms. The maximum absolute atomic E-state index is 13.0. The average Bonchev–Trinajstić information content (AvgIpc) is 2.87. The van der Waals surface area contributed by atoms with Gasteiger partial charge in [0.05, 0.1) is 13.2 Å². The molecular formula is C24H45N8O5P. The molecule has 1 aromatic rings. The van der Waals surface area contributed by atoms with Crippen LogP contribution in [0.15, 0.2) is 0 Å². The molecule has 0 saturated carbocycles. The van der Waals surface area contributed by atoms with Crippen molar-refractivity contribution in [2.75, 3.05) is 90.2 Å². The number of nitrogens with zero attached hydrogens (tertiary/aromatic N) is 7. The number of aromatic nitrogens is 3. The summed E-state index contributed by atoms with van der Waals surface area (Å²) in [5.74, 6) is 0.459. The van der Waals surface area contributed by atoms with Crippen LogP contribution >= 0.6 is 7.44 Å². The predicted molar refractivity (Wildman–Crippen MR) is 148 cm³/mol. The number of carbonyl (C=O) groups excluding carboxylic acids is 2. The van der Waals surface area contributed by atoms with Crippen LogP contribution in [0.1, 0.15) is 45.4 Å². The van der Waals surface area contributed by atoms with Crippen molar-refractivity contribution in [2.45, 2.75) is 45.4 Å². The minimum atomic E-state index is -2.58. The highest BCUT2D eigenvalue weighted by Gasteiger charge is 2.32. The van der Waals surface area contributed by atoms with Gasteiger partial charge in [-0.15, -0.1) is 0 Å². The lowest BCUT2D eigenvalue weighted by Crippen LogP contribution is -2.47. The van der Waals surface area contributed by atoms with Gasteiger partial charge < -0.3 is 25.0 Å². The van der Waals surface area contributed by atoms with Gasteiger partial charge in [0.15, 0.2) is 0 Å². The van der Waals surface area contributed by atoms with Crippen molar-refractivity contribution in [3.8, 4) is 6.01 Å². The standard InChI is InChI=1S/C24H45N8O5P/c1-6-7-8-10-20(33)11-9-16-36-17-18-37-24-27-22(30(4)19-21(25)34)26-23(28-24)31-12-14-32(15-13-31)38(5,35)29(2)3/h6-19H2,1-5H3,(H2,25,34). The second-order valence-corrected chi connectivity index (χ2v) is 12.8. The number of anilines is 2. The molecular weight excluding hydrogens is 511 g/mol. The molecule has 2 rings (SSSR count). The minimum Gasteiger partial charge on any atom is -0.461 e. The zero-order valence-corrected chi connectivity index (χ0v) is 24.5. The molecule has 2 heterocycles. The summed E-state index contributed by atoms with van der Waals surface area (Å²) in [6.45, 7) is 7.20. The normalized spacial score (nSPS) is 15.9. The largest absolute Gasteiger partial charge is 0.461 e. The fourth-order valence-electron chi connectivity index (χ4n) is 3.90. The molecule has 0 spiro atoms. The Morgan fingerprint density at radius 2 is 1.66 bits per heavy atom. The smallest absolute Gasteiger partial charge is 0.323 e. The number of primary amides is 1. The Labute approximate surface area is 226 Å². The number of nitrogens with two attached hydrogens (primary N) is 1. The molecule has 1 aliphatic heterocycles. The van der Waals surface area contributed by atoms with E-state index in [1.807, 2.05) is 23.7 Å². The summed E-state index contributed by atoms with van der Waals surface area (Å²) in [6, 6.07) is 0.118. The van der Waals surface area contributed by atoms with E-state index in [1.54, 1.807) is 18.4 Å². The van der Waals surface area contributed by atoms with Gasteiger partial charge in [-0.2, -0.15) is 15.0 Å². The Kier molecular flexibility index (Phi) is 13.4. The van der Waals surface area contributed by atoms with E-state index in [2.05, 4.69) is 21.9 Å². The predicted octanol–water partition coefficient (Wildman–Crippen LogP) is 1.62. The van der Waals surface area contributed by atoms with Crippen LogP contribution in [0.2, 0.25) is 0 Å². The molecule has 1 aromatic heterocycles. The van der Waals surface area contributed by atoms with E-state index in [9.17, 15) is 14.2 Å². The maximum Gasteiger partial charge on any atom is 0.323 e. The molecule has 1 aliphatic rings. The number of ketones is 1. The third kappa shape index (κ3) is 10.4. The average molecular weight is 557 g/mol. The summed E-state index contributed by atoms with van der Waals surface area (Å²) in [4.78, 5) is 40.1. The molecule has 13 nitrogen and oxygen atoms in total. The Balaban J connectivity index is 1.93. The third-order valence-electron chi connectivity index (χ3n) is 6.39. The molecule has 0 aliphatic carbocycles. The summed E-state index contributed by atoms with van der Waals surface area (Å²) >= 11 is 0. The Morgan fingerprint density at radius 1 is 0.974 bits per heavy atom. The summed E-state index contributed by atoms with van der Waals surface area (Å²) in [6.07, 6.45) is 5.02. The van der Waals surface area contributed by atoms with E-state index < -0.39 is 13.4 Å². The van der Waals surface area contributed by atoms with Gasteiger partial charge in [0.25, 0.3) is 0 Å². The number of carbonyl (C=O) groups is 2. The number of piperazine rings is 1. The van der Waals surface area contributed by atoms with Crippen LogP contribution in [0.4, 0.5) is 11.9 Å². The van der Waals surface area contributed by atoms with Crippen molar-refractivity contribution in [3.63, 3.8) is 0 Å². The molecule has 0 bridgehead atoms. The molecule has 2 N–H and O–H groups in total. The zero-order chi connectivity index (χ0) is 28.1. The number of hydrogen-bond donors (Lipinski definition) is 1. The van der Waals surface area contributed by atoms with Gasteiger partial charge in [0.1, 0.15) is 12.4 Å². The van der Waals surface area contributed by atoms with Gasteiger partial charge in [0, 0.05) is 59.3 Å². The Hall–Kier alpha value is -2.34. The fraction of sp³-hybridized carbons (Fsp3) is 0.792.